The van der Waals surface area contributed by atoms with Gasteiger partial charge < -0.3 is 0 Å². The highest BCUT2D eigenvalue weighted by Crippen LogP contribution is 2.18. The van der Waals surface area contributed by atoms with Crippen LogP contribution in [0.3, 0.4) is 0 Å². The van der Waals surface area contributed by atoms with Crippen LogP contribution in [0.4, 0.5) is 0 Å². The monoisotopic (exact) mass is 144 g/mol. The number of terminal acetylenes is 1. The van der Waals surface area contributed by atoms with Crippen LogP contribution in [0.1, 0.15) is 13.3 Å². The zero-order chi connectivity index (χ0) is 6.85. The van der Waals surface area contributed by atoms with Crippen LogP contribution in [0.5, 0.6) is 0 Å². The average molecular weight is 144 g/mol. The van der Waals surface area contributed by atoms with Gasteiger partial charge in [-0.3, -0.25) is 4.18 Å². The Balaban J connectivity index is 2.57. The zero-order valence-electron chi connectivity index (χ0n) is 5.16. The van der Waals surface area contributed by atoms with E-state index < -0.39 is 11.1 Å². The van der Waals surface area contributed by atoms with E-state index in [2.05, 4.69) is 5.92 Å². The fourth-order valence-corrected chi connectivity index (χ4v) is 1.61. The maximum absolute atomic E-state index is 10.7. The Hall–Kier alpha value is -0.330. The second-order valence-electron chi connectivity index (χ2n) is 2.06. The van der Waals surface area contributed by atoms with Crippen molar-refractivity contribution in [2.24, 2.45) is 0 Å². The maximum Gasteiger partial charge on any atom is 0.159 e. The predicted molar refractivity (Wildman–Crippen MR) is 35.9 cm³/mol. The van der Waals surface area contributed by atoms with Crippen molar-refractivity contribution >= 4 is 11.1 Å². The van der Waals surface area contributed by atoms with E-state index in [-0.39, 0.29) is 11.4 Å². The lowest BCUT2D eigenvalue weighted by atomic mass is 10.2. The summed E-state index contributed by atoms with van der Waals surface area (Å²) >= 11 is -1.14. The van der Waals surface area contributed by atoms with Gasteiger partial charge in [-0.1, -0.05) is 5.92 Å². The summed E-state index contributed by atoms with van der Waals surface area (Å²) in [6, 6.07) is 0. The number of rotatable bonds is 0. The summed E-state index contributed by atoms with van der Waals surface area (Å²) in [7, 11) is 0. The number of hydrogen-bond acceptors (Lipinski definition) is 2. The van der Waals surface area contributed by atoms with Gasteiger partial charge in [-0.15, -0.1) is 6.42 Å². The lowest BCUT2D eigenvalue weighted by molar-refractivity contribution is 0.313. The summed E-state index contributed by atoms with van der Waals surface area (Å²) in [5.41, 5.74) is 0. The molecule has 0 aromatic carbocycles. The summed E-state index contributed by atoms with van der Waals surface area (Å²) < 4.78 is 15.6. The average Bonchev–Trinajstić information content (AvgIpc) is 2.13. The van der Waals surface area contributed by atoms with Crippen molar-refractivity contribution in [2.75, 3.05) is 0 Å². The summed E-state index contributed by atoms with van der Waals surface area (Å²) in [5.74, 6) is 2.41. The van der Waals surface area contributed by atoms with Crippen molar-refractivity contribution in [2.45, 2.75) is 24.7 Å². The van der Waals surface area contributed by atoms with Gasteiger partial charge in [0.25, 0.3) is 0 Å². The summed E-state index contributed by atoms with van der Waals surface area (Å²) in [6.07, 6.45) is 5.55. The highest BCUT2D eigenvalue weighted by molar-refractivity contribution is 7.81. The molecule has 3 unspecified atom stereocenters. The summed E-state index contributed by atoms with van der Waals surface area (Å²) in [6.45, 7) is 1.87. The number of hydrogen-bond donors (Lipinski definition) is 0. The van der Waals surface area contributed by atoms with Gasteiger partial charge in [0.2, 0.25) is 0 Å². The Morgan fingerprint density at radius 1 is 1.89 bits per heavy atom. The topological polar surface area (TPSA) is 26.3 Å². The van der Waals surface area contributed by atoms with E-state index in [1.54, 1.807) is 0 Å². The Morgan fingerprint density at radius 3 is 2.78 bits per heavy atom. The lowest BCUT2D eigenvalue weighted by Crippen LogP contribution is -2.00. The Kier molecular flexibility index (Phi) is 1.89. The molecule has 1 fully saturated rings. The van der Waals surface area contributed by atoms with Crippen molar-refractivity contribution in [3.05, 3.63) is 0 Å². The Bertz CT molecular complexity index is 170. The molecule has 0 saturated carbocycles. The van der Waals surface area contributed by atoms with E-state index in [1.165, 1.54) is 0 Å². The van der Waals surface area contributed by atoms with Gasteiger partial charge >= 0.3 is 0 Å². The molecule has 1 rings (SSSR count). The fourth-order valence-electron chi connectivity index (χ4n) is 0.724. The van der Waals surface area contributed by atoms with Gasteiger partial charge in [-0.05, 0) is 6.92 Å². The van der Waals surface area contributed by atoms with Gasteiger partial charge in [-0.25, -0.2) is 4.21 Å². The minimum Gasteiger partial charge on any atom is -0.274 e. The van der Waals surface area contributed by atoms with E-state index in [1.807, 2.05) is 6.92 Å². The second kappa shape index (κ2) is 2.51. The van der Waals surface area contributed by atoms with Crippen LogP contribution in [-0.4, -0.2) is 15.6 Å². The third-order valence-electron chi connectivity index (χ3n) is 1.27. The van der Waals surface area contributed by atoms with Crippen LogP contribution in [0.25, 0.3) is 0 Å². The molecule has 50 valence electrons. The highest BCUT2D eigenvalue weighted by atomic mass is 32.2. The van der Waals surface area contributed by atoms with Crippen LogP contribution in [0.15, 0.2) is 0 Å². The van der Waals surface area contributed by atoms with Crippen LogP contribution in [-0.2, 0) is 15.3 Å². The molecule has 9 heavy (non-hydrogen) atoms. The van der Waals surface area contributed by atoms with Crippen molar-refractivity contribution in [1.82, 2.24) is 0 Å². The minimum atomic E-state index is -1.14. The maximum atomic E-state index is 10.7. The standard InChI is InChI=1S/C6H8O2S/c1-3-6-4-5(2)9(7)8-6/h1,5-6H,4H2,2H3. The molecule has 0 bridgehead atoms. The molecule has 0 aromatic rings. The smallest absolute Gasteiger partial charge is 0.159 e. The molecule has 0 radical (unpaired) electrons. The molecular weight excluding hydrogens is 136 g/mol. The van der Waals surface area contributed by atoms with Gasteiger partial charge in [0.1, 0.15) is 6.10 Å². The molecule has 1 aliphatic heterocycles. The van der Waals surface area contributed by atoms with Crippen molar-refractivity contribution < 1.29 is 8.39 Å². The molecule has 0 amide bonds. The molecule has 0 spiro atoms. The third-order valence-corrected chi connectivity index (χ3v) is 2.54. The van der Waals surface area contributed by atoms with Gasteiger partial charge in [0.05, 0.1) is 5.25 Å². The van der Waals surface area contributed by atoms with E-state index in [4.69, 9.17) is 10.6 Å². The first-order valence-corrected chi connectivity index (χ1v) is 3.91. The van der Waals surface area contributed by atoms with Crippen molar-refractivity contribution in [3.8, 4) is 12.3 Å². The first-order chi connectivity index (χ1) is 4.24. The molecule has 3 atom stereocenters. The van der Waals surface area contributed by atoms with Crippen molar-refractivity contribution in [3.63, 3.8) is 0 Å². The van der Waals surface area contributed by atoms with Crippen LogP contribution < -0.4 is 0 Å². The van der Waals surface area contributed by atoms with E-state index in [0.717, 1.165) is 6.42 Å². The minimum absolute atomic E-state index is 0.103. The summed E-state index contributed by atoms with van der Waals surface area (Å²) in [4.78, 5) is 0. The van der Waals surface area contributed by atoms with E-state index in [9.17, 15) is 4.21 Å². The molecule has 2 nitrogen and oxygen atoms in total. The van der Waals surface area contributed by atoms with E-state index >= 15 is 0 Å². The quantitative estimate of drug-likeness (QED) is 0.462. The Morgan fingerprint density at radius 2 is 2.56 bits per heavy atom. The second-order valence-corrected chi connectivity index (χ2v) is 3.58. The largest absolute Gasteiger partial charge is 0.274 e. The molecule has 0 aromatic heterocycles. The van der Waals surface area contributed by atoms with Crippen LogP contribution in [0, 0.1) is 12.3 Å². The molecule has 3 heteroatoms. The molecular formula is C6H8O2S. The predicted octanol–water partition coefficient (Wildman–Crippen LogP) is 0.461. The Labute approximate surface area is 57.3 Å². The van der Waals surface area contributed by atoms with Gasteiger partial charge in [-0.2, -0.15) is 0 Å². The molecule has 1 saturated heterocycles. The molecule has 0 aliphatic carbocycles. The van der Waals surface area contributed by atoms with Gasteiger partial charge in [0, 0.05) is 6.42 Å². The highest BCUT2D eigenvalue weighted by Gasteiger charge is 2.27. The van der Waals surface area contributed by atoms with E-state index in [0.29, 0.717) is 0 Å². The zero-order valence-corrected chi connectivity index (χ0v) is 5.98. The summed E-state index contributed by atoms with van der Waals surface area (Å²) in [5, 5.41) is 0.103. The fraction of sp³-hybridized carbons (Fsp3) is 0.667. The molecule has 1 aliphatic rings. The van der Waals surface area contributed by atoms with Gasteiger partial charge in [0.15, 0.2) is 11.1 Å². The SMILES string of the molecule is C#CC1CC(C)S(=O)O1. The first kappa shape index (κ1) is 6.79. The third kappa shape index (κ3) is 1.32. The lowest BCUT2D eigenvalue weighted by Gasteiger charge is -1.91. The normalized spacial score (nSPS) is 42.4. The van der Waals surface area contributed by atoms with Crippen LogP contribution >= 0.6 is 0 Å². The first-order valence-electron chi connectivity index (χ1n) is 2.78. The van der Waals surface area contributed by atoms with Crippen LogP contribution in [0.2, 0.25) is 0 Å². The molecule has 1 heterocycles. The molecule has 0 N–H and O–H groups in total. The van der Waals surface area contributed by atoms with Crippen molar-refractivity contribution in [1.29, 1.82) is 0 Å².